The van der Waals surface area contributed by atoms with Crippen molar-refractivity contribution in [2.75, 3.05) is 6.61 Å². The van der Waals surface area contributed by atoms with Gasteiger partial charge in [0.2, 0.25) is 0 Å². The van der Waals surface area contributed by atoms with Crippen LogP contribution in [0.3, 0.4) is 0 Å². The number of nitrogens with zero attached hydrogens (tertiary/aromatic N) is 3. The maximum absolute atomic E-state index is 12.0. The summed E-state index contributed by atoms with van der Waals surface area (Å²) in [4.78, 5) is 22.6. The average molecular weight is 381 g/mol. The zero-order valence-corrected chi connectivity index (χ0v) is 15.0. The van der Waals surface area contributed by atoms with Crippen molar-refractivity contribution in [2.24, 2.45) is 0 Å². The summed E-state index contributed by atoms with van der Waals surface area (Å²) in [5.41, 5.74) is 0.533. The van der Waals surface area contributed by atoms with Crippen molar-refractivity contribution in [3.05, 3.63) is 66.5 Å². The third-order valence-corrected chi connectivity index (χ3v) is 3.72. The molecule has 8 nitrogen and oxygen atoms in total. The predicted octanol–water partition coefficient (Wildman–Crippen LogP) is 2.74. The lowest BCUT2D eigenvalue weighted by Gasteiger charge is -2.08. The van der Waals surface area contributed by atoms with Gasteiger partial charge < -0.3 is 14.6 Å². The van der Waals surface area contributed by atoms with Gasteiger partial charge in [0.15, 0.2) is 5.78 Å². The minimum absolute atomic E-state index is 0.00920. The number of ether oxygens (including phenoxy) is 2. The van der Waals surface area contributed by atoms with Crippen molar-refractivity contribution in [3.8, 4) is 17.2 Å². The lowest BCUT2D eigenvalue weighted by Crippen LogP contribution is -2.18. The van der Waals surface area contributed by atoms with Crippen molar-refractivity contribution in [1.82, 2.24) is 15.0 Å². The number of aromatic nitrogens is 3. The summed E-state index contributed by atoms with van der Waals surface area (Å²) < 4.78 is 12.6. The molecule has 2 aromatic carbocycles. The van der Waals surface area contributed by atoms with Crippen LogP contribution < -0.4 is 9.47 Å². The third-order valence-electron chi connectivity index (χ3n) is 3.72. The van der Waals surface area contributed by atoms with Crippen molar-refractivity contribution >= 4 is 11.8 Å². The molecule has 0 fully saturated rings. The molecule has 0 bridgehead atoms. The Kier molecular flexibility index (Phi) is 6.35. The highest BCUT2D eigenvalue weighted by molar-refractivity contribution is 5.79. The van der Waals surface area contributed by atoms with E-state index in [9.17, 15) is 9.59 Å². The molecule has 0 saturated heterocycles. The van der Waals surface area contributed by atoms with Crippen molar-refractivity contribution < 1.29 is 24.2 Å². The van der Waals surface area contributed by atoms with Crippen LogP contribution in [0.25, 0.3) is 0 Å². The molecule has 0 amide bonds. The Morgan fingerprint density at radius 2 is 1.64 bits per heavy atom. The van der Waals surface area contributed by atoms with E-state index >= 15 is 0 Å². The smallest absolute Gasteiger partial charge is 0.303 e. The molecule has 0 aliphatic carbocycles. The summed E-state index contributed by atoms with van der Waals surface area (Å²) in [5.74, 6) is 0.872. The first-order valence-electron chi connectivity index (χ1n) is 8.67. The number of ketones is 1. The first-order valence-corrected chi connectivity index (χ1v) is 8.67. The fraction of sp³-hybridized carbons (Fsp3) is 0.200. The predicted molar refractivity (Wildman–Crippen MR) is 99.4 cm³/mol. The van der Waals surface area contributed by atoms with Crippen LogP contribution in [0.15, 0.2) is 60.8 Å². The van der Waals surface area contributed by atoms with Crippen LogP contribution in [0.2, 0.25) is 0 Å². The number of Topliss-reactive ketones (excluding diaryl/α,β-unsaturated/α-hetero) is 1. The highest BCUT2D eigenvalue weighted by atomic mass is 16.5. The zero-order valence-electron chi connectivity index (χ0n) is 15.0. The number of carbonyl (C=O) groups excluding carboxylic acids is 1. The van der Waals surface area contributed by atoms with Gasteiger partial charge in [0.05, 0.1) is 12.1 Å². The van der Waals surface area contributed by atoms with Gasteiger partial charge in [-0.3, -0.25) is 9.59 Å². The number of carboxylic acid groups (broad SMARTS) is 1. The van der Waals surface area contributed by atoms with Crippen molar-refractivity contribution in [2.45, 2.75) is 19.4 Å². The summed E-state index contributed by atoms with van der Waals surface area (Å²) in [7, 11) is 0. The van der Waals surface area contributed by atoms with Gasteiger partial charge in [0.1, 0.15) is 30.4 Å². The van der Waals surface area contributed by atoms with Crippen LogP contribution in [0.5, 0.6) is 17.2 Å². The number of carboxylic acids is 1. The summed E-state index contributed by atoms with van der Waals surface area (Å²) in [6, 6.07) is 16.4. The van der Waals surface area contributed by atoms with Gasteiger partial charge in [-0.25, -0.2) is 4.68 Å². The second kappa shape index (κ2) is 9.31. The first kappa shape index (κ1) is 19.1. The minimum atomic E-state index is -0.904. The van der Waals surface area contributed by atoms with Gasteiger partial charge in [-0.05, 0) is 36.4 Å². The lowest BCUT2D eigenvalue weighted by molar-refractivity contribution is -0.137. The van der Waals surface area contributed by atoms with Gasteiger partial charge >= 0.3 is 5.97 Å². The minimum Gasteiger partial charge on any atom is -0.486 e. The highest BCUT2D eigenvalue weighted by Gasteiger charge is 2.09. The largest absolute Gasteiger partial charge is 0.486 e. The lowest BCUT2D eigenvalue weighted by atomic mass is 10.2. The molecule has 1 heterocycles. The SMILES string of the molecule is O=C(O)CCc1cn(CC(=O)COc2ccc(Oc3ccccc3)cc2)nn1. The number of carbonyl (C=O) groups is 2. The van der Waals surface area contributed by atoms with Gasteiger partial charge in [-0.15, -0.1) is 5.10 Å². The van der Waals surface area contributed by atoms with E-state index in [1.54, 1.807) is 30.5 Å². The van der Waals surface area contributed by atoms with Gasteiger partial charge in [0, 0.05) is 12.6 Å². The number of rotatable bonds is 10. The van der Waals surface area contributed by atoms with Crippen molar-refractivity contribution in [3.63, 3.8) is 0 Å². The van der Waals surface area contributed by atoms with Crippen LogP contribution >= 0.6 is 0 Å². The maximum Gasteiger partial charge on any atom is 0.303 e. The van der Waals surface area contributed by atoms with Crippen LogP contribution in [0.1, 0.15) is 12.1 Å². The van der Waals surface area contributed by atoms with Crippen molar-refractivity contribution in [1.29, 1.82) is 0 Å². The molecular formula is C20H19N3O5. The standard InChI is InChI=1S/C20H19N3O5/c24-16(13-23-12-15(21-22-23)6-11-20(25)26)14-27-17-7-9-19(10-8-17)28-18-4-2-1-3-5-18/h1-5,7-10,12H,6,11,13-14H2,(H,25,26). The fourth-order valence-corrected chi connectivity index (χ4v) is 2.38. The molecule has 0 radical (unpaired) electrons. The molecule has 3 aromatic rings. The molecule has 3 rings (SSSR count). The Bertz CT molecular complexity index is 923. The number of hydrogen-bond acceptors (Lipinski definition) is 6. The van der Waals surface area contributed by atoms with E-state index in [0.29, 0.717) is 17.2 Å². The first-order chi connectivity index (χ1) is 13.6. The Hall–Kier alpha value is -3.68. The van der Waals surface area contributed by atoms with E-state index in [1.807, 2.05) is 30.3 Å². The van der Waals surface area contributed by atoms with E-state index < -0.39 is 5.97 Å². The average Bonchev–Trinajstić information content (AvgIpc) is 3.14. The number of benzene rings is 2. The quantitative estimate of drug-likeness (QED) is 0.576. The molecule has 1 aromatic heterocycles. The van der Waals surface area contributed by atoms with Crippen LogP contribution in [-0.2, 0) is 22.6 Å². The molecule has 0 spiro atoms. The Balaban J connectivity index is 1.45. The molecule has 28 heavy (non-hydrogen) atoms. The Morgan fingerprint density at radius 1 is 0.964 bits per heavy atom. The molecule has 0 atom stereocenters. The number of aliphatic carboxylic acids is 1. The summed E-state index contributed by atoms with van der Waals surface area (Å²) in [6.45, 7) is -0.0987. The molecule has 1 N–H and O–H groups in total. The van der Waals surface area contributed by atoms with Crippen LogP contribution in [0, 0.1) is 0 Å². The molecule has 0 unspecified atom stereocenters. The zero-order chi connectivity index (χ0) is 19.8. The highest BCUT2D eigenvalue weighted by Crippen LogP contribution is 2.23. The fourth-order valence-electron chi connectivity index (χ4n) is 2.38. The summed E-state index contributed by atoms with van der Waals surface area (Å²) in [5, 5.41) is 16.3. The van der Waals surface area contributed by atoms with Crippen LogP contribution in [0.4, 0.5) is 0 Å². The number of para-hydroxylation sites is 1. The summed E-state index contributed by atoms with van der Waals surface area (Å²) in [6.07, 6.45) is 1.81. The molecular weight excluding hydrogens is 362 g/mol. The Morgan fingerprint density at radius 3 is 2.36 bits per heavy atom. The monoisotopic (exact) mass is 381 g/mol. The van der Waals surface area contributed by atoms with E-state index in [4.69, 9.17) is 14.6 Å². The topological polar surface area (TPSA) is 104 Å². The van der Waals surface area contributed by atoms with E-state index in [1.165, 1.54) is 4.68 Å². The van der Waals surface area contributed by atoms with E-state index in [-0.39, 0.29) is 31.8 Å². The Labute approximate surface area is 161 Å². The second-order valence-electron chi connectivity index (χ2n) is 6.02. The van der Waals surface area contributed by atoms with E-state index in [2.05, 4.69) is 10.3 Å². The third kappa shape index (κ3) is 5.94. The number of hydrogen-bond donors (Lipinski definition) is 1. The molecule has 0 aliphatic heterocycles. The van der Waals surface area contributed by atoms with E-state index in [0.717, 1.165) is 5.75 Å². The maximum atomic E-state index is 12.0. The normalized spacial score (nSPS) is 10.4. The molecule has 8 heteroatoms. The molecule has 144 valence electrons. The van der Waals surface area contributed by atoms with Gasteiger partial charge in [-0.2, -0.15) is 0 Å². The second-order valence-corrected chi connectivity index (χ2v) is 6.02. The summed E-state index contributed by atoms with van der Waals surface area (Å²) >= 11 is 0. The molecule has 0 saturated carbocycles. The molecule has 0 aliphatic rings. The number of aryl methyl sites for hydroxylation is 1. The van der Waals surface area contributed by atoms with Gasteiger partial charge in [0.25, 0.3) is 0 Å². The van der Waals surface area contributed by atoms with Crippen LogP contribution in [-0.4, -0.2) is 38.5 Å². The van der Waals surface area contributed by atoms with Gasteiger partial charge in [-0.1, -0.05) is 23.4 Å².